The average molecular weight is 1320 g/mol. The summed E-state index contributed by atoms with van der Waals surface area (Å²) < 4.78 is 0. The van der Waals surface area contributed by atoms with Crippen molar-refractivity contribution in [2.24, 2.45) is 38.7 Å². The Morgan fingerprint density at radius 1 is 0.489 bits per heavy atom. The smallest absolute Gasteiger partial charge is 0.305 e. The molecular weight excluding hydrogens is 1230 g/mol. The summed E-state index contributed by atoms with van der Waals surface area (Å²) in [6, 6.07) is 5.06. The third kappa shape index (κ3) is 29.5. The van der Waals surface area contributed by atoms with Gasteiger partial charge in [0.2, 0.25) is 70.9 Å². The maximum atomic E-state index is 14.2. The number of guanidine groups is 2. The van der Waals surface area contributed by atoms with E-state index in [0.717, 1.165) is 0 Å². The van der Waals surface area contributed by atoms with Crippen molar-refractivity contribution in [2.75, 3.05) is 45.9 Å². The van der Waals surface area contributed by atoms with Crippen molar-refractivity contribution in [3.8, 4) is 0 Å². The van der Waals surface area contributed by atoms with E-state index in [-0.39, 0.29) is 141 Å². The predicted molar refractivity (Wildman–Crippen MR) is 338 cm³/mol. The number of carbonyl (C=O) groups is 13. The summed E-state index contributed by atoms with van der Waals surface area (Å²) in [5.74, 6) is -11.3. The van der Waals surface area contributed by atoms with Crippen LogP contribution in [0.25, 0.3) is 0 Å². The zero-order valence-corrected chi connectivity index (χ0v) is 52.1. The molecule has 0 spiro atoms. The van der Waals surface area contributed by atoms with E-state index < -0.39 is 151 Å². The lowest BCUT2D eigenvalue weighted by Crippen LogP contribution is -2.58. The van der Waals surface area contributed by atoms with Gasteiger partial charge in [0.25, 0.3) is 0 Å². The number of nitrogens with two attached hydrogens (primary N) is 5. The Balaban J connectivity index is 1.38. The maximum Gasteiger partial charge on any atom is 0.305 e. The largest absolute Gasteiger partial charge is 0.481 e. The molecule has 4 rings (SSSR count). The molecule has 2 aliphatic heterocycles. The minimum atomic E-state index is -1.67. The van der Waals surface area contributed by atoms with Crippen molar-refractivity contribution in [3.63, 3.8) is 0 Å². The molecule has 24 N–H and O–H groups in total. The van der Waals surface area contributed by atoms with Crippen LogP contribution in [0.4, 0.5) is 0 Å². The van der Waals surface area contributed by atoms with Crippen LogP contribution in [0.5, 0.6) is 0 Å². The Labute approximate surface area is 541 Å². The number of amides is 12. The summed E-state index contributed by atoms with van der Waals surface area (Å²) in [7, 11) is 0. The molecule has 2 aromatic rings. The molecule has 12 amide bonds. The lowest BCUT2D eigenvalue weighted by Gasteiger charge is -2.26. The molecule has 0 saturated carbocycles. The van der Waals surface area contributed by atoms with Crippen molar-refractivity contribution in [3.05, 3.63) is 71.8 Å². The number of hydrogen-bond donors (Lipinski definition) is 19. The van der Waals surface area contributed by atoms with Gasteiger partial charge in [-0.3, -0.25) is 77.6 Å². The number of unbranched alkanes of at least 4 members (excludes halogenated alkanes) is 2. The Bertz CT molecular complexity index is 2950. The Morgan fingerprint density at radius 2 is 0.862 bits per heavy atom. The summed E-state index contributed by atoms with van der Waals surface area (Å²) in [5.41, 5.74) is 29.2. The zero-order chi connectivity index (χ0) is 69.0. The van der Waals surface area contributed by atoms with Crippen LogP contribution < -0.4 is 92.5 Å². The number of aliphatic carboxylic acids is 1. The van der Waals surface area contributed by atoms with Crippen molar-refractivity contribution >= 4 is 88.8 Å². The van der Waals surface area contributed by atoms with Gasteiger partial charge in [0, 0.05) is 51.9 Å². The number of aliphatic imine (C=N–C) groups is 2. The van der Waals surface area contributed by atoms with Gasteiger partial charge in [0.1, 0.15) is 48.3 Å². The van der Waals surface area contributed by atoms with Crippen LogP contribution in [-0.2, 0) is 80.1 Å². The third-order valence-corrected chi connectivity index (χ3v) is 14.8. The lowest BCUT2D eigenvalue weighted by atomic mass is 10.0. The first-order chi connectivity index (χ1) is 44.9. The SMILES string of the molecule is NC(N)=NCCC[C@@H]1NC(=O)CNC(=O)[C@@H](CCOO)NC(=O)[C@@H](Cc2ccccc2)NC(=O)[C@@H](CCCCNC(=O)C(N)CCC(=O)NCCCC[C@H]2NC(=O)[C@H](CCCN=C(N)N)NC(=O)CNC(=O)[C@@H](CC(=O)O)NC(=O)[C@@H](Cc3ccccc3)NC2=O)NC1=O. The molecule has 0 aliphatic carbocycles. The van der Waals surface area contributed by atoms with Gasteiger partial charge in [-0.05, 0) is 81.8 Å². The summed E-state index contributed by atoms with van der Waals surface area (Å²) in [6.07, 6.45) is -0.378. The molecule has 9 atom stereocenters. The van der Waals surface area contributed by atoms with Gasteiger partial charge in [-0.1, -0.05) is 60.7 Å². The van der Waals surface area contributed by atoms with Gasteiger partial charge in [0.15, 0.2) is 11.9 Å². The second-order valence-corrected chi connectivity index (χ2v) is 22.3. The van der Waals surface area contributed by atoms with Gasteiger partial charge in [-0.25, -0.2) is 4.89 Å². The Kier molecular flexibility index (Phi) is 33.7. The normalized spacial score (nSPS) is 21.6. The lowest BCUT2D eigenvalue weighted by molar-refractivity contribution is -0.243. The number of nitrogens with one attached hydrogen (secondary N) is 12. The highest BCUT2D eigenvalue weighted by Gasteiger charge is 2.35. The molecule has 516 valence electrons. The zero-order valence-electron chi connectivity index (χ0n) is 52.1. The van der Waals surface area contributed by atoms with Crippen molar-refractivity contribution < 1.29 is 77.6 Å². The van der Waals surface area contributed by atoms with Crippen LogP contribution in [0.1, 0.15) is 101 Å². The van der Waals surface area contributed by atoms with Crippen molar-refractivity contribution in [1.82, 2.24) is 63.8 Å². The van der Waals surface area contributed by atoms with Crippen LogP contribution in [0.15, 0.2) is 70.6 Å². The number of rotatable bonds is 31. The van der Waals surface area contributed by atoms with E-state index in [1.165, 1.54) is 0 Å². The van der Waals surface area contributed by atoms with Crippen molar-refractivity contribution in [1.29, 1.82) is 0 Å². The van der Waals surface area contributed by atoms with Gasteiger partial charge >= 0.3 is 5.97 Å². The second-order valence-electron chi connectivity index (χ2n) is 22.3. The van der Waals surface area contributed by atoms with Crippen LogP contribution in [0.2, 0.25) is 0 Å². The molecule has 2 saturated heterocycles. The number of nitrogens with zero attached hydrogens (tertiary/aromatic N) is 2. The topological polar surface area (TPSA) is 571 Å². The molecule has 2 aliphatic rings. The van der Waals surface area contributed by atoms with Crippen LogP contribution in [0, 0.1) is 0 Å². The number of hydrogen-bond acceptors (Lipinski definition) is 18. The van der Waals surface area contributed by atoms with E-state index >= 15 is 0 Å². The molecule has 1 unspecified atom stereocenters. The molecular formula is C59H89N19O16. The predicted octanol–water partition coefficient (Wildman–Crippen LogP) is -6.25. The van der Waals surface area contributed by atoms with Gasteiger partial charge in [-0.2, -0.15) is 0 Å². The molecule has 2 heterocycles. The van der Waals surface area contributed by atoms with E-state index in [1.54, 1.807) is 60.7 Å². The molecule has 35 nitrogen and oxygen atoms in total. The fourth-order valence-corrected chi connectivity index (χ4v) is 9.75. The van der Waals surface area contributed by atoms with E-state index in [0.29, 0.717) is 11.1 Å². The quantitative estimate of drug-likeness (QED) is 0.0110. The maximum absolute atomic E-state index is 14.2. The van der Waals surface area contributed by atoms with E-state index in [9.17, 15) is 67.4 Å². The van der Waals surface area contributed by atoms with Crippen LogP contribution >= 0.6 is 0 Å². The number of carboxylic acid groups (broad SMARTS) is 1. The van der Waals surface area contributed by atoms with E-state index in [2.05, 4.69) is 78.7 Å². The number of carboxylic acids is 1. The summed E-state index contributed by atoms with van der Waals surface area (Å²) in [4.78, 5) is 187. The fraction of sp³-hybridized carbons (Fsp3) is 0.542. The molecule has 0 bridgehead atoms. The molecule has 2 fully saturated rings. The number of carbonyl (C=O) groups excluding carboxylic acids is 12. The van der Waals surface area contributed by atoms with Crippen LogP contribution in [0.3, 0.4) is 0 Å². The van der Waals surface area contributed by atoms with Gasteiger partial charge in [-0.15, -0.1) is 0 Å². The average Bonchev–Trinajstić information content (AvgIpc) is 1.31. The molecule has 35 heteroatoms. The fourth-order valence-electron chi connectivity index (χ4n) is 9.75. The molecule has 0 radical (unpaired) electrons. The summed E-state index contributed by atoms with van der Waals surface area (Å²) in [6.45, 7) is -1.45. The Hall–Kier alpha value is -10.0. The highest BCUT2D eigenvalue weighted by atomic mass is 17.1. The van der Waals surface area contributed by atoms with E-state index in [1.807, 2.05) is 0 Å². The Morgan fingerprint density at radius 3 is 1.29 bits per heavy atom. The minimum Gasteiger partial charge on any atom is -0.481 e. The third-order valence-electron chi connectivity index (χ3n) is 14.8. The number of benzene rings is 2. The van der Waals surface area contributed by atoms with Crippen molar-refractivity contribution in [2.45, 2.75) is 157 Å². The van der Waals surface area contributed by atoms with Crippen LogP contribution in [-0.4, -0.2) is 199 Å². The minimum absolute atomic E-state index is 0.00596. The summed E-state index contributed by atoms with van der Waals surface area (Å²) >= 11 is 0. The van der Waals surface area contributed by atoms with E-state index in [4.69, 9.17) is 33.9 Å². The molecule has 0 aromatic heterocycles. The first-order valence-electron chi connectivity index (χ1n) is 30.9. The van der Waals surface area contributed by atoms with Gasteiger partial charge < -0.3 is 97.6 Å². The molecule has 94 heavy (non-hydrogen) atoms. The second kappa shape index (κ2) is 41.5. The first-order valence-corrected chi connectivity index (χ1v) is 30.9. The first kappa shape index (κ1) is 76.4. The standard InChI is InChI=1S/C59H89N19O16/c60-36(49(84)66-25-10-8-18-40-54(89)76-42(29-34-13-3-1-4-14-34)56(91)75-41(23-28-94-93)50(85)69-32-46(80)71-37(52(87)74-40)19-11-26-67-58(61)62)21-22-45(79)65-24-9-7-17-39-55(90)77-43(30-35-15-5-2-6-16-35)57(92)78-44(31-48(82)83)51(86)70-33-47(81)72-38(53(88)73-39)20-12-27-68-59(63)64/h1-6,13-16,36-44,93H,7-12,17-33,60H2,(H,65,79)(H,66,84)(H,69,85)(H,70,86)(H,71,80)(H,72,81)(H,73,88)(H,74,87)(H,75,91)(H,76,89)(H,77,90)(H,78,92)(H,82,83)(H4,61,62,67)(H4,63,64,68)/t36?,37-,38-,39+,40+,41+,42+,43+,44+/m0/s1. The summed E-state index contributed by atoms with van der Waals surface area (Å²) in [5, 5.41) is 49.5. The highest BCUT2D eigenvalue weighted by molar-refractivity contribution is 5.99. The van der Waals surface area contributed by atoms with Gasteiger partial charge in [0.05, 0.1) is 32.2 Å². The highest BCUT2D eigenvalue weighted by Crippen LogP contribution is 2.13. The monoisotopic (exact) mass is 1320 g/mol. The molecule has 2 aromatic carbocycles.